The van der Waals surface area contributed by atoms with Crippen LogP contribution in [-0.4, -0.2) is 38.4 Å². The predicted octanol–water partition coefficient (Wildman–Crippen LogP) is 1.10. The lowest BCUT2D eigenvalue weighted by Gasteiger charge is -2.23. The van der Waals surface area contributed by atoms with Crippen molar-refractivity contribution in [3.8, 4) is 0 Å². The third-order valence-corrected chi connectivity index (χ3v) is 2.80. The highest BCUT2D eigenvalue weighted by atomic mass is 16.5. The van der Waals surface area contributed by atoms with Gasteiger partial charge in [-0.05, 0) is 19.1 Å². The zero-order chi connectivity index (χ0) is 12.8. The third-order valence-electron chi connectivity index (χ3n) is 2.80. The van der Waals surface area contributed by atoms with E-state index in [1.54, 1.807) is 0 Å². The van der Waals surface area contributed by atoms with E-state index in [0.717, 1.165) is 18.8 Å². The topological polar surface area (TPSA) is 62.4 Å². The molecule has 1 heterocycles. The Balaban J connectivity index is 1.73. The van der Waals surface area contributed by atoms with Crippen LogP contribution in [0.25, 0.3) is 0 Å². The average molecular weight is 249 g/mol. The molecule has 0 aliphatic carbocycles. The second-order valence-electron chi connectivity index (χ2n) is 4.40. The summed E-state index contributed by atoms with van der Waals surface area (Å²) in [7, 11) is 0. The second-order valence-corrected chi connectivity index (χ2v) is 4.40. The summed E-state index contributed by atoms with van der Waals surface area (Å²) >= 11 is 0. The molecular formula is C13H19N3O2. The first kappa shape index (κ1) is 12.9. The molecule has 98 valence electrons. The highest BCUT2D eigenvalue weighted by Gasteiger charge is 2.13. The van der Waals surface area contributed by atoms with Crippen molar-refractivity contribution in [2.45, 2.75) is 13.0 Å². The van der Waals surface area contributed by atoms with Gasteiger partial charge in [-0.2, -0.15) is 0 Å². The summed E-state index contributed by atoms with van der Waals surface area (Å²) in [6, 6.07) is 7.49. The van der Waals surface area contributed by atoms with Gasteiger partial charge in [0, 0.05) is 25.3 Å². The molecule has 1 unspecified atom stereocenters. The highest BCUT2D eigenvalue weighted by Crippen LogP contribution is 2.08. The summed E-state index contributed by atoms with van der Waals surface area (Å²) in [4.78, 5) is 11.6. The Hall–Kier alpha value is -1.59. The van der Waals surface area contributed by atoms with Crippen LogP contribution in [0.3, 0.4) is 0 Å². The minimum absolute atomic E-state index is 0.0579. The summed E-state index contributed by atoms with van der Waals surface area (Å²) in [6.07, 6.45) is 0.0579. The number of hydrogen-bond donors (Lipinski definition) is 3. The van der Waals surface area contributed by atoms with E-state index in [1.807, 2.05) is 31.2 Å². The summed E-state index contributed by atoms with van der Waals surface area (Å²) in [6.45, 7) is 4.89. The van der Waals surface area contributed by atoms with Gasteiger partial charge in [0.05, 0.1) is 12.7 Å². The number of urea groups is 1. The van der Waals surface area contributed by atoms with Crippen LogP contribution in [0.5, 0.6) is 0 Å². The first-order valence-electron chi connectivity index (χ1n) is 6.18. The van der Waals surface area contributed by atoms with Crippen molar-refractivity contribution in [2.24, 2.45) is 0 Å². The fourth-order valence-electron chi connectivity index (χ4n) is 1.77. The lowest BCUT2D eigenvalue weighted by Crippen LogP contribution is -2.45. The molecule has 0 spiro atoms. The predicted molar refractivity (Wildman–Crippen MR) is 70.8 cm³/mol. The van der Waals surface area contributed by atoms with Gasteiger partial charge in [-0.1, -0.05) is 17.7 Å². The molecule has 1 aliphatic rings. The first-order chi connectivity index (χ1) is 8.74. The van der Waals surface area contributed by atoms with Crippen LogP contribution < -0.4 is 16.0 Å². The number of amides is 2. The van der Waals surface area contributed by atoms with Crippen molar-refractivity contribution in [3.05, 3.63) is 29.8 Å². The average Bonchev–Trinajstić information content (AvgIpc) is 2.40. The molecule has 0 bridgehead atoms. The fourth-order valence-corrected chi connectivity index (χ4v) is 1.77. The standard InChI is InChI=1S/C13H19N3O2/c1-10-2-4-11(5-3-10)16-13(17)15-9-12-8-14-6-7-18-12/h2-5,12,14H,6-9H2,1H3,(H2,15,16,17). The molecule has 5 heteroatoms. The number of morpholine rings is 1. The van der Waals surface area contributed by atoms with E-state index in [2.05, 4.69) is 16.0 Å². The number of benzene rings is 1. The van der Waals surface area contributed by atoms with Gasteiger partial charge in [0.2, 0.25) is 0 Å². The molecule has 0 aromatic heterocycles. The molecule has 1 atom stereocenters. The van der Waals surface area contributed by atoms with Crippen LogP contribution in [0.2, 0.25) is 0 Å². The van der Waals surface area contributed by atoms with Gasteiger partial charge in [-0.3, -0.25) is 0 Å². The van der Waals surface area contributed by atoms with Crippen molar-refractivity contribution >= 4 is 11.7 Å². The van der Waals surface area contributed by atoms with E-state index in [4.69, 9.17) is 4.74 Å². The van der Waals surface area contributed by atoms with Gasteiger partial charge in [0.25, 0.3) is 0 Å². The van der Waals surface area contributed by atoms with Crippen LogP contribution in [0.4, 0.5) is 10.5 Å². The number of carbonyl (C=O) groups is 1. The second kappa shape index (κ2) is 6.37. The van der Waals surface area contributed by atoms with E-state index >= 15 is 0 Å². The van der Waals surface area contributed by atoms with Crippen LogP contribution in [0, 0.1) is 6.92 Å². The van der Waals surface area contributed by atoms with Crippen LogP contribution in [-0.2, 0) is 4.74 Å². The first-order valence-corrected chi connectivity index (χ1v) is 6.18. The Morgan fingerprint density at radius 3 is 2.89 bits per heavy atom. The van der Waals surface area contributed by atoms with Gasteiger partial charge < -0.3 is 20.7 Å². The highest BCUT2D eigenvalue weighted by molar-refractivity contribution is 5.89. The molecular weight excluding hydrogens is 230 g/mol. The molecule has 5 nitrogen and oxygen atoms in total. The van der Waals surface area contributed by atoms with E-state index in [1.165, 1.54) is 5.56 Å². The lowest BCUT2D eigenvalue weighted by molar-refractivity contribution is 0.0310. The maximum absolute atomic E-state index is 11.6. The van der Waals surface area contributed by atoms with Gasteiger partial charge >= 0.3 is 6.03 Å². The normalized spacial score (nSPS) is 19.3. The maximum Gasteiger partial charge on any atom is 0.319 e. The molecule has 1 aromatic carbocycles. The molecule has 18 heavy (non-hydrogen) atoms. The number of hydrogen-bond acceptors (Lipinski definition) is 3. The smallest absolute Gasteiger partial charge is 0.319 e. The van der Waals surface area contributed by atoms with E-state index in [-0.39, 0.29) is 12.1 Å². The Labute approximate surface area is 107 Å². The number of anilines is 1. The Morgan fingerprint density at radius 1 is 1.44 bits per heavy atom. The Kier molecular flexibility index (Phi) is 4.55. The van der Waals surface area contributed by atoms with Crippen molar-refractivity contribution in [2.75, 3.05) is 31.6 Å². The molecule has 2 amide bonds. The number of aryl methyl sites for hydroxylation is 1. The number of ether oxygens (including phenoxy) is 1. The van der Waals surface area contributed by atoms with Crippen LogP contribution >= 0.6 is 0 Å². The number of rotatable bonds is 3. The molecule has 1 aromatic rings. The van der Waals surface area contributed by atoms with Gasteiger partial charge in [0.15, 0.2) is 0 Å². The summed E-state index contributed by atoms with van der Waals surface area (Å²) in [5.41, 5.74) is 1.96. The van der Waals surface area contributed by atoms with E-state index in [0.29, 0.717) is 13.2 Å². The van der Waals surface area contributed by atoms with Crippen molar-refractivity contribution < 1.29 is 9.53 Å². The quantitative estimate of drug-likeness (QED) is 0.752. The Morgan fingerprint density at radius 2 is 2.22 bits per heavy atom. The van der Waals surface area contributed by atoms with E-state index < -0.39 is 0 Å². The van der Waals surface area contributed by atoms with Crippen LogP contribution in [0.1, 0.15) is 5.56 Å². The van der Waals surface area contributed by atoms with Crippen LogP contribution in [0.15, 0.2) is 24.3 Å². The number of nitrogens with one attached hydrogen (secondary N) is 3. The summed E-state index contributed by atoms with van der Waals surface area (Å²) < 4.78 is 5.49. The van der Waals surface area contributed by atoms with Crippen molar-refractivity contribution in [1.82, 2.24) is 10.6 Å². The molecule has 2 rings (SSSR count). The molecule has 1 saturated heterocycles. The SMILES string of the molecule is Cc1ccc(NC(=O)NCC2CNCCO2)cc1. The van der Waals surface area contributed by atoms with Gasteiger partial charge in [0.1, 0.15) is 0 Å². The molecule has 0 radical (unpaired) electrons. The van der Waals surface area contributed by atoms with Gasteiger partial charge in [-0.15, -0.1) is 0 Å². The summed E-state index contributed by atoms with van der Waals surface area (Å²) in [5, 5.41) is 8.80. The minimum atomic E-state index is -0.201. The number of carbonyl (C=O) groups excluding carboxylic acids is 1. The third kappa shape index (κ3) is 4.01. The molecule has 1 aliphatic heterocycles. The summed E-state index contributed by atoms with van der Waals surface area (Å²) in [5.74, 6) is 0. The fraction of sp³-hybridized carbons (Fsp3) is 0.462. The lowest BCUT2D eigenvalue weighted by atomic mass is 10.2. The zero-order valence-corrected chi connectivity index (χ0v) is 10.5. The maximum atomic E-state index is 11.6. The van der Waals surface area contributed by atoms with Crippen molar-refractivity contribution in [3.63, 3.8) is 0 Å². The van der Waals surface area contributed by atoms with Gasteiger partial charge in [-0.25, -0.2) is 4.79 Å². The molecule has 0 saturated carbocycles. The van der Waals surface area contributed by atoms with E-state index in [9.17, 15) is 4.79 Å². The zero-order valence-electron chi connectivity index (χ0n) is 10.5. The molecule has 3 N–H and O–H groups in total. The molecule has 1 fully saturated rings. The largest absolute Gasteiger partial charge is 0.374 e. The Bertz CT molecular complexity index is 386. The minimum Gasteiger partial charge on any atom is -0.374 e. The monoisotopic (exact) mass is 249 g/mol. The van der Waals surface area contributed by atoms with Crippen molar-refractivity contribution in [1.29, 1.82) is 0 Å².